The molecule has 0 atom stereocenters. The Morgan fingerprint density at radius 3 is 2.41 bits per heavy atom. The van der Waals surface area contributed by atoms with Crippen LogP contribution in [0.4, 0.5) is 8.78 Å². The number of hydrogen-bond acceptors (Lipinski definition) is 2. The van der Waals surface area contributed by atoms with Gasteiger partial charge < -0.3 is 10.1 Å². The third-order valence-corrected chi connectivity index (χ3v) is 3.80. The normalized spacial score (nSPS) is 11.9. The standard InChI is InChI=1S/C11H20BrF2NO2/c1-3-11(4-2,8-12)15-10(16)5-6-17-7-9(13)14/h9H,3-8H2,1-2H3,(H,15,16). The molecule has 0 aromatic carbocycles. The zero-order valence-corrected chi connectivity index (χ0v) is 11.9. The Hall–Kier alpha value is -0.230. The molecule has 6 heteroatoms. The Labute approximate surface area is 109 Å². The highest BCUT2D eigenvalue weighted by atomic mass is 79.9. The molecule has 0 fully saturated rings. The second-order valence-corrected chi connectivity index (χ2v) is 4.45. The lowest BCUT2D eigenvalue weighted by molar-refractivity contribution is -0.124. The predicted octanol–water partition coefficient (Wildman–Crippen LogP) is 2.73. The molecule has 0 aromatic rings. The molecule has 0 unspecified atom stereocenters. The van der Waals surface area contributed by atoms with Crippen LogP contribution in [0.15, 0.2) is 0 Å². The van der Waals surface area contributed by atoms with E-state index in [1.165, 1.54) is 0 Å². The van der Waals surface area contributed by atoms with E-state index in [2.05, 4.69) is 26.0 Å². The van der Waals surface area contributed by atoms with Gasteiger partial charge in [0.2, 0.25) is 5.91 Å². The topological polar surface area (TPSA) is 38.3 Å². The van der Waals surface area contributed by atoms with Gasteiger partial charge in [0, 0.05) is 17.3 Å². The maximum atomic E-state index is 11.8. The Bertz CT molecular complexity index is 215. The fraction of sp³-hybridized carbons (Fsp3) is 0.909. The van der Waals surface area contributed by atoms with Crippen LogP contribution >= 0.6 is 15.9 Å². The number of halogens is 3. The number of hydrogen-bond donors (Lipinski definition) is 1. The third kappa shape index (κ3) is 6.93. The van der Waals surface area contributed by atoms with Gasteiger partial charge in [0.15, 0.2) is 0 Å². The lowest BCUT2D eigenvalue weighted by Crippen LogP contribution is -2.49. The van der Waals surface area contributed by atoms with E-state index >= 15 is 0 Å². The first-order valence-electron chi connectivity index (χ1n) is 5.72. The first kappa shape index (κ1) is 16.8. The molecule has 0 aromatic heterocycles. The molecule has 0 rings (SSSR count). The summed E-state index contributed by atoms with van der Waals surface area (Å²) in [5.41, 5.74) is -0.250. The highest BCUT2D eigenvalue weighted by Gasteiger charge is 2.26. The molecule has 3 nitrogen and oxygen atoms in total. The van der Waals surface area contributed by atoms with Crippen molar-refractivity contribution in [3.63, 3.8) is 0 Å². The van der Waals surface area contributed by atoms with Crippen LogP contribution in [0.3, 0.4) is 0 Å². The number of carbonyl (C=O) groups is 1. The van der Waals surface area contributed by atoms with E-state index in [4.69, 9.17) is 0 Å². The van der Waals surface area contributed by atoms with Gasteiger partial charge >= 0.3 is 0 Å². The van der Waals surface area contributed by atoms with E-state index in [1.807, 2.05) is 13.8 Å². The fourth-order valence-electron chi connectivity index (χ4n) is 1.34. The minimum atomic E-state index is -2.48. The molecule has 0 radical (unpaired) electrons. The molecule has 0 heterocycles. The molecule has 102 valence electrons. The van der Waals surface area contributed by atoms with Crippen molar-refractivity contribution in [3.8, 4) is 0 Å². The van der Waals surface area contributed by atoms with Gasteiger partial charge in [-0.3, -0.25) is 4.79 Å². The second kappa shape index (κ2) is 8.80. The van der Waals surface area contributed by atoms with Crippen molar-refractivity contribution < 1.29 is 18.3 Å². The predicted molar refractivity (Wildman–Crippen MR) is 66.7 cm³/mol. The molecule has 0 saturated heterocycles. The second-order valence-electron chi connectivity index (χ2n) is 3.89. The van der Waals surface area contributed by atoms with E-state index in [0.29, 0.717) is 5.33 Å². The minimum Gasteiger partial charge on any atom is -0.375 e. The van der Waals surface area contributed by atoms with Crippen LogP contribution in [-0.2, 0) is 9.53 Å². The summed E-state index contributed by atoms with van der Waals surface area (Å²) in [7, 11) is 0. The van der Waals surface area contributed by atoms with Crippen LogP contribution in [0.5, 0.6) is 0 Å². The van der Waals surface area contributed by atoms with E-state index in [9.17, 15) is 13.6 Å². The molecule has 0 bridgehead atoms. The monoisotopic (exact) mass is 315 g/mol. The number of ether oxygens (including phenoxy) is 1. The molecule has 0 saturated carbocycles. The number of carbonyl (C=O) groups excluding carboxylic acids is 1. The molecule has 1 amide bonds. The van der Waals surface area contributed by atoms with Crippen molar-refractivity contribution in [1.82, 2.24) is 5.32 Å². The number of nitrogens with one attached hydrogen (secondary N) is 1. The fourth-order valence-corrected chi connectivity index (χ4v) is 2.28. The first-order valence-corrected chi connectivity index (χ1v) is 6.84. The maximum Gasteiger partial charge on any atom is 0.261 e. The van der Waals surface area contributed by atoms with Gasteiger partial charge in [-0.1, -0.05) is 29.8 Å². The van der Waals surface area contributed by atoms with E-state index < -0.39 is 13.0 Å². The lowest BCUT2D eigenvalue weighted by Gasteiger charge is -2.30. The molecule has 0 aliphatic heterocycles. The molecule has 0 spiro atoms. The Morgan fingerprint density at radius 1 is 1.41 bits per heavy atom. The van der Waals surface area contributed by atoms with Crippen molar-refractivity contribution in [1.29, 1.82) is 0 Å². The maximum absolute atomic E-state index is 11.8. The van der Waals surface area contributed by atoms with Crippen LogP contribution < -0.4 is 5.32 Å². The highest BCUT2D eigenvalue weighted by Crippen LogP contribution is 2.18. The first-order chi connectivity index (χ1) is 7.99. The van der Waals surface area contributed by atoms with Crippen molar-refractivity contribution in [2.24, 2.45) is 0 Å². The Balaban J connectivity index is 3.91. The van der Waals surface area contributed by atoms with E-state index in [1.54, 1.807) is 0 Å². The molecular weight excluding hydrogens is 296 g/mol. The average Bonchev–Trinajstić information content (AvgIpc) is 2.32. The summed E-state index contributed by atoms with van der Waals surface area (Å²) in [6.07, 6.45) is -0.732. The summed E-state index contributed by atoms with van der Waals surface area (Å²) < 4.78 is 28.2. The third-order valence-electron chi connectivity index (χ3n) is 2.73. The summed E-state index contributed by atoms with van der Waals surface area (Å²) >= 11 is 3.38. The Kier molecular flexibility index (Phi) is 8.68. The zero-order chi connectivity index (χ0) is 13.3. The summed E-state index contributed by atoms with van der Waals surface area (Å²) in [5.74, 6) is -0.164. The van der Waals surface area contributed by atoms with Crippen molar-refractivity contribution in [2.75, 3.05) is 18.5 Å². The number of rotatable bonds is 9. The van der Waals surface area contributed by atoms with Crippen LogP contribution in [0, 0.1) is 0 Å². The van der Waals surface area contributed by atoms with Crippen molar-refractivity contribution >= 4 is 21.8 Å². The number of amides is 1. The smallest absolute Gasteiger partial charge is 0.261 e. The van der Waals surface area contributed by atoms with Gasteiger partial charge in [0.1, 0.15) is 6.61 Å². The molecule has 0 aliphatic carbocycles. The highest BCUT2D eigenvalue weighted by molar-refractivity contribution is 9.09. The summed E-state index contributed by atoms with van der Waals surface area (Å²) in [4.78, 5) is 11.6. The molecule has 1 N–H and O–H groups in total. The van der Waals surface area contributed by atoms with Crippen molar-refractivity contribution in [2.45, 2.75) is 45.1 Å². The number of alkyl halides is 3. The zero-order valence-electron chi connectivity index (χ0n) is 10.3. The van der Waals surface area contributed by atoms with Crippen LogP contribution in [-0.4, -0.2) is 36.4 Å². The van der Waals surface area contributed by atoms with Gasteiger partial charge in [-0.05, 0) is 12.8 Å². The Morgan fingerprint density at radius 2 is 2.00 bits per heavy atom. The molecule has 17 heavy (non-hydrogen) atoms. The quantitative estimate of drug-likeness (QED) is 0.525. The summed E-state index contributed by atoms with van der Waals surface area (Å²) in [5, 5.41) is 3.59. The van der Waals surface area contributed by atoms with Gasteiger partial charge in [-0.25, -0.2) is 8.78 Å². The largest absolute Gasteiger partial charge is 0.375 e. The molecule has 0 aliphatic rings. The van der Waals surface area contributed by atoms with Crippen molar-refractivity contribution in [3.05, 3.63) is 0 Å². The summed E-state index contributed by atoms with van der Waals surface area (Å²) in [6, 6.07) is 0. The minimum absolute atomic E-state index is 0.0297. The van der Waals surface area contributed by atoms with Crippen LogP contribution in [0.25, 0.3) is 0 Å². The van der Waals surface area contributed by atoms with Crippen LogP contribution in [0.1, 0.15) is 33.1 Å². The molecular formula is C11H20BrF2NO2. The van der Waals surface area contributed by atoms with Gasteiger partial charge in [-0.15, -0.1) is 0 Å². The van der Waals surface area contributed by atoms with Gasteiger partial charge in [0.05, 0.1) is 6.61 Å². The average molecular weight is 316 g/mol. The van der Waals surface area contributed by atoms with Gasteiger partial charge in [-0.2, -0.15) is 0 Å². The SMILES string of the molecule is CCC(CC)(CBr)NC(=O)CCOCC(F)F. The van der Waals surface area contributed by atoms with E-state index in [0.717, 1.165) is 12.8 Å². The van der Waals surface area contributed by atoms with Gasteiger partial charge in [0.25, 0.3) is 6.43 Å². The lowest BCUT2D eigenvalue weighted by atomic mass is 9.95. The van der Waals surface area contributed by atoms with Crippen LogP contribution in [0.2, 0.25) is 0 Å². The summed E-state index contributed by atoms with van der Waals surface area (Å²) in [6.45, 7) is 3.41. The van der Waals surface area contributed by atoms with E-state index in [-0.39, 0.29) is 24.5 Å².